The lowest BCUT2D eigenvalue weighted by Crippen LogP contribution is -2.28. The van der Waals surface area contributed by atoms with E-state index in [2.05, 4.69) is 66.4 Å². The van der Waals surface area contributed by atoms with Gasteiger partial charge in [0, 0.05) is 19.4 Å². The van der Waals surface area contributed by atoms with Crippen molar-refractivity contribution >= 4 is 0 Å². The van der Waals surface area contributed by atoms with Crippen molar-refractivity contribution in [1.82, 2.24) is 4.90 Å². The zero-order chi connectivity index (χ0) is 22.3. The van der Waals surface area contributed by atoms with Crippen molar-refractivity contribution in [2.45, 2.75) is 77.3 Å². The molecule has 1 aliphatic rings. The van der Waals surface area contributed by atoms with Crippen LogP contribution in [0.15, 0.2) is 54.6 Å². The number of nitriles is 1. The molecule has 1 aliphatic carbocycles. The van der Waals surface area contributed by atoms with Crippen LogP contribution >= 0.6 is 0 Å². The molecule has 2 aromatic rings. The fraction of sp³-hybridized carbons (Fsp3) is 0.536. The molecule has 0 saturated heterocycles. The Labute approximate surface area is 189 Å². The van der Waals surface area contributed by atoms with Crippen LogP contribution in [0.2, 0.25) is 0 Å². The van der Waals surface area contributed by atoms with Gasteiger partial charge in [-0.15, -0.1) is 0 Å². The molecule has 31 heavy (non-hydrogen) atoms. The number of hydrogen-bond donors (Lipinski definition) is 0. The monoisotopic (exact) mass is 422 g/mol. The van der Waals surface area contributed by atoms with E-state index in [1.54, 1.807) is 6.07 Å². The first kappa shape index (κ1) is 25.1. The van der Waals surface area contributed by atoms with Gasteiger partial charge in [-0.05, 0) is 68.3 Å². The lowest BCUT2D eigenvalue weighted by Gasteiger charge is -2.26. The van der Waals surface area contributed by atoms with Gasteiger partial charge in [0.2, 0.25) is 0 Å². The predicted molar refractivity (Wildman–Crippen MR) is 129 cm³/mol. The number of alkyl halides is 1. The van der Waals surface area contributed by atoms with E-state index in [0.717, 1.165) is 45.2 Å². The molecule has 0 aliphatic heterocycles. The minimum absolute atomic E-state index is 0.126. The highest BCUT2D eigenvalue weighted by Gasteiger charge is 2.25. The van der Waals surface area contributed by atoms with Gasteiger partial charge in [-0.3, -0.25) is 0 Å². The zero-order valence-electron chi connectivity index (χ0n) is 19.4. The summed E-state index contributed by atoms with van der Waals surface area (Å²) in [6.07, 6.45) is 7.94. The number of halogens is 1. The maximum absolute atomic E-state index is 14.2. The van der Waals surface area contributed by atoms with Crippen LogP contribution in [0.5, 0.6) is 0 Å². The van der Waals surface area contributed by atoms with Crippen molar-refractivity contribution in [3.8, 4) is 6.07 Å². The van der Waals surface area contributed by atoms with E-state index in [0.29, 0.717) is 0 Å². The standard InChI is InChI=1S/C26H36FN.C2H3N/c1-2-19-28(21-18-22-9-4-3-5-10-22)20-8-11-23-14-16-24(17-15-23)25-12-6-7-13-26(25)27;1-2-3/h3-5,9-10,14-17,25-26H,2,6-8,11-13,18-21H2,1H3;1H3. The summed E-state index contributed by atoms with van der Waals surface area (Å²) in [7, 11) is 0. The first-order valence-corrected chi connectivity index (χ1v) is 12.0. The van der Waals surface area contributed by atoms with Crippen molar-refractivity contribution in [3.05, 3.63) is 71.3 Å². The molecule has 3 heteroatoms. The summed E-state index contributed by atoms with van der Waals surface area (Å²) in [5.74, 6) is 0.126. The molecule has 3 rings (SSSR count). The van der Waals surface area contributed by atoms with E-state index in [1.165, 1.54) is 49.4 Å². The average molecular weight is 423 g/mol. The van der Waals surface area contributed by atoms with Crippen LogP contribution in [0.1, 0.15) is 75.0 Å². The Kier molecular flexibility index (Phi) is 11.9. The molecule has 0 spiro atoms. The number of hydrogen-bond acceptors (Lipinski definition) is 2. The van der Waals surface area contributed by atoms with E-state index in [9.17, 15) is 4.39 Å². The first-order chi connectivity index (χ1) is 15.2. The molecule has 0 heterocycles. The van der Waals surface area contributed by atoms with Crippen LogP contribution in [0, 0.1) is 11.3 Å². The molecule has 1 saturated carbocycles. The van der Waals surface area contributed by atoms with Crippen molar-refractivity contribution < 1.29 is 4.39 Å². The van der Waals surface area contributed by atoms with Crippen LogP contribution < -0.4 is 0 Å². The third-order valence-electron chi connectivity index (χ3n) is 6.13. The van der Waals surface area contributed by atoms with Crippen molar-refractivity contribution in [2.24, 2.45) is 0 Å². The van der Waals surface area contributed by atoms with Gasteiger partial charge in [-0.1, -0.05) is 74.4 Å². The van der Waals surface area contributed by atoms with Gasteiger partial charge in [0.1, 0.15) is 6.17 Å². The fourth-order valence-corrected chi connectivity index (χ4v) is 4.48. The Morgan fingerprint density at radius 2 is 1.55 bits per heavy atom. The molecule has 0 aromatic heterocycles. The second kappa shape index (κ2) is 14.8. The highest BCUT2D eigenvalue weighted by Crippen LogP contribution is 2.35. The maximum Gasteiger partial charge on any atom is 0.107 e. The summed E-state index contributed by atoms with van der Waals surface area (Å²) >= 11 is 0. The summed E-state index contributed by atoms with van der Waals surface area (Å²) in [6.45, 7) is 7.15. The molecule has 1 fully saturated rings. The van der Waals surface area contributed by atoms with Gasteiger partial charge in [-0.25, -0.2) is 4.39 Å². The second-order valence-corrected chi connectivity index (χ2v) is 8.55. The largest absolute Gasteiger partial charge is 0.303 e. The van der Waals surface area contributed by atoms with E-state index >= 15 is 0 Å². The smallest absolute Gasteiger partial charge is 0.107 e. The van der Waals surface area contributed by atoms with Gasteiger partial charge >= 0.3 is 0 Å². The van der Waals surface area contributed by atoms with Crippen LogP contribution in [0.25, 0.3) is 0 Å². The quantitative estimate of drug-likeness (QED) is 0.408. The second-order valence-electron chi connectivity index (χ2n) is 8.55. The van der Waals surface area contributed by atoms with Crippen molar-refractivity contribution in [3.63, 3.8) is 0 Å². The molecule has 2 nitrogen and oxygen atoms in total. The SMILES string of the molecule is CC#N.CCCN(CCCc1ccc(C2CCCCC2F)cc1)CCc1ccccc1. The molecule has 2 atom stereocenters. The maximum atomic E-state index is 14.2. The van der Waals surface area contributed by atoms with Gasteiger partial charge in [0.05, 0.1) is 6.07 Å². The van der Waals surface area contributed by atoms with Crippen molar-refractivity contribution in [2.75, 3.05) is 19.6 Å². The molecular formula is C28H39FN2. The van der Waals surface area contributed by atoms with Crippen LogP contribution in [-0.2, 0) is 12.8 Å². The van der Waals surface area contributed by atoms with Crippen molar-refractivity contribution in [1.29, 1.82) is 5.26 Å². The predicted octanol–water partition coefficient (Wildman–Crippen LogP) is 7.10. The van der Waals surface area contributed by atoms with Gasteiger partial charge in [0.15, 0.2) is 0 Å². The number of nitrogens with zero attached hydrogens (tertiary/aromatic N) is 2. The lowest BCUT2D eigenvalue weighted by molar-refractivity contribution is 0.216. The molecule has 0 bridgehead atoms. The Bertz CT molecular complexity index is 751. The minimum Gasteiger partial charge on any atom is -0.303 e. The number of rotatable bonds is 10. The van der Waals surface area contributed by atoms with Crippen LogP contribution in [0.3, 0.4) is 0 Å². The van der Waals surface area contributed by atoms with Gasteiger partial charge in [-0.2, -0.15) is 5.26 Å². The zero-order valence-corrected chi connectivity index (χ0v) is 19.4. The van der Waals surface area contributed by atoms with Gasteiger partial charge < -0.3 is 4.90 Å². The fourth-order valence-electron chi connectivity index (χ4n) is 4.48. The van der Waals surface area contributed by atoms with Gasteiger partial charge in [0.25, 0.3) is 0 Å². The molecule has 0 radical (unpaired) electrons. The summed E-state index contributed by atoms with van der Waals surface area (Å²) in [5.41, 5.74) is 4.01. The summed E-state index contributed by atoms with van der Waals surface area (Å²) in [4.78, 5) is 2.59. The Hall–Kier alpha value is -2.18. The molecule has 0 amide bonds. The molecule has 2 unspecified atom stereocenters. The third kappa shape index (κ3) is 9.23. The first-order valence-electron chi connectivity index (χ1n) is 12.0. The topological polar surface area (TPSA) is 27.0 Å². The number of benzene rings is 2. The Morgan fingerprint density at radius 3 is 2.19 bits per heavy atom. The molecule has 168 valence electrons. The normalized spacial score (nSPS) is 18.2. The Morgan fingerprint density at radius 1 is 0.903 bits per heavy atom. The lowest BCUT2D eigenvalue weighted by atomic mass is 9.82. The molecule has 2 aromatic carbocycles. The van der Waals surface area contributed by atoms with Crippen LogP contribution in [-0.4, -0.2) is 30.7 Å². The van der Waals surface area contributed by atoms with E-state index in [4.69, 9.17) is 5.26 Å². The molecular weight excluding hydrogens is 383 g/mol. The highest BCUT2D eigenvalue weighted by atomic mass is 19.1. The Balaban J connectivity index is 0.00000107. The summed E-state index contributed by atoms with van der Waals surface area (Å²) in [6, 6.07) is 21.3. The van der Waals surface area contributed by atoms with E-state index in [-0.39, 0.29) is 5.92 Å². The minimum atomic E-state index is -0.646. The third-order valence-corrected chi connectivity index (χ3v) is 6.13. The summed E-state index contributed by atoms with van der Waals surface area (Å²) < 4.78 is 14.2. The average Bonchev–Trinajstić information content (AvgIpc) is 2.80. The highest BCUT2D eigenvalue weighted by molar-refractivity contribution is 5.26. The van der Waals surface area contributed by atoms with E-state index in [1.807, 2.05) is 0 Å². The van der Waals surface area contributed by atoms with Crippen LogP contribution in [0.4, 0.5) is 4.39 Å². The number of aryl methyl sites for hydroxylation is 1. The summed E-state index contributed by atoms with van der Waals surface area (Å²) in [5, 5.41) is 7.32. The van der Waals surface area contributed by atoms with E-state index < -0.39 is 6.17 Å². The molecule has 0 N–H and O–H groups in total.